The second kappa shape index (κ2) is 5.29. The van der Waals surface area contributed by atoms with Crippen molar-refractivity contribution in [3.8, 4) is 5.75 Å². The van der Waals surface area contributed by atoms with E-state index in [1.807, 2.05) is 6.07 Å². The summed E-state index contributed by atoms with van der Waals surface area (Å²) in [4.78, 5) is 0. The molecule has 1 fully saturated rings. The maximum atomic E-state index is 9.47. The van der Waals surface area contributed by atoms with E-state index in [0.29, 0.717) is 19.1 Å². The Kier molecular flexibility index (Phi) is 3.93. The number of rotatable bonds is 5. The second-order valence-corrected chi connectivity index (χ2v) is 5.56. The van der Waals surface area contributed by atoms with Crippen molar-refractivity contribution in [3.05, 3.63) is 29.3 Å². The van der Waals surface area contributed by atoms with E-state index in [9.17, 15) is 5.11 Å². The molecular formula is C15H22O3. The summed E-state index contributed by atoms with van der Waals surface area (Å²) in [5.41, 5.74) is 2.41. The van der Waals surface area contributed by atoms with Gasteiger partial charge in [0.1, 0.15) is 5.75 Å². The third-order valence-corrected chi connectivity index (χ3v) is 3.65. The monoisotopic (exact) mass is 250 g/mol. The van der Waals surface area contributed by atoms with Crippen molar-refractivity contribution in [2.45, 2.75) is 26.2 Å². The SMILES string of the molecule is COc1ccc(CC2(CO)COC2)cc1C(C)C. The Morgan fingerprint density at radius 2 is 2.11 bits per heavy atom. The van der Waals surface area contributed by atoms with Gasteiger partial charge in [-0.15, -0.1) is 0 Å². The molecule has 1 aromatic carbocycles. The van der Waals surface area contributed by atoms with Crippen LogP contribution in [-0.4, -0.2) is 32.0 Å². The minimum atomic E-state index is -0.0666. The smallest absolute Gasteiger partial charge is 0.122 e. The van der Waals surface area contributed by atoms with Crippen molar-refractivity contribution in [1.82, 2.24) is 0 Å². The van der Waals surface area contributed by atoms with Crippen LogP contribution in [-0.2, 0) is 11.2 Å². The fourth-order valence-electron chi connectivity index (χ4n) is 2.42. The van der Waals surface area contributed by atoms with E-state index in [4.69, 9.17) is 9.47 Å². The molecule has 1 aliphatic rings. The molecule has 0 radical (unpaired) electrons. The Balaban J connectivity index is 2.21. The number of ether oxygens (including phenoxy) is 2. The van der Waals surface area contributed by atoms with E-state index in [-0.39, 0.29) is 12.0 Å². The molecule has 2 rings (SSSR count). The predicted molar refractivity (Wildman–Crippen MR) is 71.1 cm³/mol. The maximum absolute atomic E-state index is 9.47. The Bertz CT molecular complexity index is 403. The summed E-state index contributed by atoms with van der Waals surface area (Å²) in [6.07, 6.45) is 0.868. The van der Waals surface area contributed by atoms with Crippen molar-refractivity contribution in [2.24, 2.45) is 5.41 Å². The average Bonchev–Trinajstić information content (AvgIpc) is 2.33. The van der Waals surface area contributed by atoms with Crippen LogP contribution in [0.5, 0.6) is 5.75 Å². The number of aliphatic hydroxyl groups is 1. The highest BCUT2D eigenvalue weighted by atomic mass is 16.5. The van der Waals surface area contributed by atoms with Crippen molar-refractivity contribution < 1.29 is 14.6 Å². The van der Waals surface area contributed by atoms with Crippen LogP contribution >= 0.6 is 0 Å². The highest BCUT2D eigenvalue weighted by Crippen LogP contribution is 2.34. The van der Waals surface area contributed by atoms with Crippen LogP contribution in [0, 0.1) is 5.41 Å². The van der Waals surface area contributed by atoms with Crippen molar-refractivity contribution in [3.63, 3.8) is 0 Å². The zero-order valence-electron chi connectivity index (χ0n) is 11.4. The fourth-order valence-corrected chi connectivity index (χ4v) is 2.42. The first-order chi connectivity index (χ1) is 8.60. The summed E-state index contributed by atoms with van der Waals surface area (Å²) in [6, 6.07) is 6.30. The highest BCUT2D eigenvalue weighted by Gasteiger charge is 2.38. The van der Waals surface area contributed by atoms with E-state index in [1.54, 1.807) is 7.11 Å². The summed E-state index contributed by atoms with van der Waals surface area (Å²) >= 11 is 0. The van der Waals surface area contributed by atoms with E-state index in [0.717, 1.165) is 12.2 Å². The highest BCUT2D eigenvalue weighted by molar-refractivity contribution is 5.39. The number of methoxy groups -OCH3 is 1. The lowest BCUT2D eigenvalue weighted by atomic mass is 9.80. The van der Waals surface area contributed by atoms with Crippen molar-refractivity contribution >= 4 is 0 Å². The molecule has 1 aromatic rings. The van der Waals surface area contributed by atoms with Gasteiger partial charge in [0.2, 0.25) is 0 Å². The Morgan fingerprint density at radius 1 is 1.39 bits per heavy atom. The molecule has 1 aliphatic heterocycles. The fraction of sp³-hybridized carbons (Fsp3) is 0.600. The summed E-state index contributed by atoms with van der Waals surface area (Å²) in [5, 5.41) is 9.47. The number of benzene rings is 1. The summed E-state index contributed by atoms with van der Waals surface area (Å²) in [6.45, 7) is 5.83. The first-order valence-corrected chi connectivity index (χ1v) is 6.46. The van der Waals surface area contributed by atoms with Crippen molar-refractivity contribution in [2.75, 3.05) is 26.9 Å². The standard InChI is InChI=1S/C15H22O3/c1-11(2)13-6-12(4-5-14(13)17-3)7-15(8-16)9-18-10-15/h4-6,11,16H,7-10H2,1-3H3. The van der Waals surface area contributed by atoms with Crippen LogP contribution < -0.4 is 4.74 Å². The van der Waals surface area contributed by atoms with Gasteiger partial charge in [-0.1, -0.05) is 26.0 Å². The molecule has 0 aliphatic carbocycles. The summed E-state index contributed by atoms with van der Waals surface area (Å²) in [5.74, 6) is 1.37. The zero-order valence-corrected chi connectivity index (χ0v) is 11.4. The van der Waals surface area contributed by atoms with Crippen LogP contribution in [0.4, 0.5) is 0 Å². The summed E-state index contributed by atoms with van der Waals surface area (Å²) in [7, 11) is 1.70. The van der Waals surface area contributed by atoms with Gasteiger partial charge in [0, 0.05) is 5.41 Å². The molecule has 0 spiro atoms. The lowest BCUT2D eigenvalue weighted by molar-refractivity contribution is -0.136. The largest absolute Gasteiger partial charge is 0.496 e. The molecule has 0 saturated carbocycles. The normalized spacial score (nSPS) is 17.6. The molecule has 0 unspecified atom stereocenters. The Hall–Kier alpha value is -1.06. The van der Waals surface area contributed by atoms with E-state index < -0.39 is 0 Å². The third-order valence-electron chi connectivity index (χ3n) is 3.65. The molecule has 3 heteroatoms. The number of hydrogen-bond donors (Lipinski definition) is 1. The molecular weight excluding hydrogens is 228 g/mol. The van der Waals surface area contributed by atoms with Crippen molar-refractivity contribution in [1.29, 1.82) is 0 Å². The van der Waals surface area contributed by atoms with E-state index >= 15 is 0 Å². The van der Waals surface area contributed by atoms with Gasteiger partial charge in [0.05, 0.1) is 26.9 Å². The molecule has 100 valence electrons. The second-order valence-electron chi connectivity index (χ2n) is 5.56. The van der Waals surface area contributed by atoms with Gasteiger partial charge in [-0.25, -0.2) is 0 Å². The molecule has 1 heterocycles. The Labute approximate surface area is 109 Å². The van der Waals surface area contributed by atoms with Crippen LogP contribution in [0.1, 0.15) is 30.9 Å². The zero-order chi connectivity index (χ0) is 13.2. The minimum Gasteiger partial charge on any atom is -0.496 e. The predicted octanol–water partition coefficient (Wildman–Crippen LogP) is 2.37. The van der Waals surface area contributed by atoms with Crippen LogP contribution in [0.3, 0.4) is 0 Å². The number of hydrogen-bond acceptors (Lipinski definition) is 3. The molecule has 0 amide bonds. The lowest BCUT2D eigenvalue weighted by Gasteiger charge is -2.40. The van der Waals surface area contributed by atoms with Gasteiger partial charge in [0.25, 0.3) is 0 Å². The molecule has 0 bridgehead atoms. The average molecular weight is 250 g/mol. The van der Waals surface area contributed by atoms with Gasteiger partial charge in [0.15, 0.2) is 0 Å². The van der Waals surface area contributed by atoms with Crippen LogP contribution in [0.15, 0.2) is 18.2 Å². The quantitative estimate of drug-likeness (QED) is 0.872. The van der Waals surface area contributed by atoms with E-state index in [2.05, 4.69) is 26.0 Å². The van der Waals surface area contributed by atoms with Crippen LogP contribution in [0.25, 0.3) is 0 Å². The summed E-state index contributed by atoms with van der Waals surface area (Å²) < 4.78 is 10.6. The molecule has 1 N–H and O–H groups in total. The van der Waals surface area contributed by atoms with Gasteiger partial charge in [-0.3, -0.25) is 0 Å². The lowest BCUT2D eigenvalue weighted by Crippen LogP contribution is -2.47. The maximum Gasteiger partial charge on any atom is 0.122 e. The topological polar surface area (TPSA) is 38.7 Å². The van der Waals surface area contributed by atoms with Gasteiger partial charge in [-0.2, -0.15) is 0 Å². The molecule has 0 aromatic heterocycles. The van der Waals surface area contributed by atoms with Gasteiger partial charge in [-0.05, 0) is 29.5 Å². The van der Waals surface area contributed by atoms with Gasteiger partial charge < -0.3 is 14.6 Å². The molecule has 3 nitrogen and oxygen atoms in total. The van der Waals surface area contributed by atoms with Gasteiger partial charge >= 0.3 is 0 Å². The van der Waals surface area contributed by atoms with E-state index in [1.165, 1.54) is 11.1 Å². The minimum absolute atomic E-state index is 0.0666. The first-order valence-electron chi connectivity index (χ1n) is 6.46. The number of aliphatic hydroxyl groups excluding tert-OH is 1. The Morgan fingerprint density at radius 3 is 2.56 bits per heavy atom. The molecule has 0 atom stereocenters. The van der Waals surface area contributed by atoms with Crippen LogP contribution in [0.2, 0.25) is 0 Å². The molecule has 18 heavy (non-hydrogen) atoms. The first kappa shape index (κ1) is 13.4. The molecule has 1 saturated heterocycles. The third kappa shape index (κ3) is 2.52.